The summed E-state index contributed by atoms with van der Waals surface area (Å²) in [5, 5.41) is 11.8. The average Bonchev–Trinajstić information content (AvgIpc) is 2.36. The number of amides is 1. The second-order valence-corrected chi connectivity index (χ2v) is 5.14. The van der Waals surface area contributed by atoms with Gasteiger partial charge in [-0.1, -0.05) is 18.2 Å². The molecular formula is C15H21NO2. The lowest BCUT2D eigenvalue weighted by Gasteiger charge is -2.16. The number of nitrogens with one attached hydrogen (secondary N) is 1. The summed E-state index contributed by atoms with van der Waals surface area (Å²) in [6, 6.07) is 6.37. The molecule has 18 heavy (non-hydrogen) atoms. The zero-order chi connectivity index (χ0) is 13.0. The van der Waals surface area contributed by atoms with Crippen molar-refractivity contribution in [2.24, 2.45) is 0 Å². The first-order valence-corrected chi connectivity index (χ1v) is 6.70. The van der Waals surface area contributed by atoms with E-state index in [9.17, 15) is 4.79 Å². The summed E-state index contributed by atoms with van der Waals surface area (Å²) in [4.78, 5) is 11.7. The Bertz CT molecular complexity index is 427. The van der Waals surface area contributed by atoms with E-state index in [1.54, 1.807) is 6.92 Å². The number of aliphatic hydroxyl groups is 1. The maximum Gasteiger partial charge on any atom is 0.224 e. The van der Waals surface area contributed by atoms with Crippen molar-refractivity contribution in [1.29, 1.82) is 0 Å². The fourth-order valence-electron chi connectivity index (χ4n) is 2.41. The molecule has 0 heterocycles. The smallest absolute Gasteiger partial charge is 0.224 e. The van der Waals surface area contributed by atoms with E-state index in [-0.39, 0.29) is 5.91 Å². The van der Waals surface area contributed by atoms with E-state index in [1.807, 2.05) is 6.07 Å². The maximum absolute atomic E-state index is 11.7. The number of aliphatic hydroxyl groups excluding tert-OH is 1. The SMILES string of the molecule is C[C@H](O)CNC(=O)Cc1ccc2c(c1)CCCC2. The third-order valence-corrected chi connectivity index (χ3v) is 3.37. The van der Waals surface area contributed by atoms with Crippen molar-refractivity contribution in [3.63, 3.8) is 0 Å². The molecule has 1 aliphatic carbocycles. The van der Waals surface area contributed by atoms with Gasteiger partial charge in [-0.15, -0.1) is 0 Å². The van der Waals surface area contributed by atoms with Crippen LogP contribution in [0.2, 0.25) is 0 Å². The van der Waals surface area contributed by atoms with Gasteiger partial charge in [-0.2, -0.15) is 0 Å². The van der Waals surface area contributed by atoms with Crippen molar-refractivity contribution in [1.82, 2.24) is 5.32 Å². The summed E-state index contributed by atoms with van der Waals surface area (Å²) >= 11 is 0. The molecule has 0 saturated heterocycles. The molecule has 1 aromatic rings. The Labute approximate surface area is 108 Å². The summed E-state index contributed by atoms with van der Waals surface area (Å²) in [6.07, 6.45) is 4.76. The van der Waals surface area contributed by atoms with Crippen LogP contribution in [-0.4, -0.2) is 23.7 Å². The molecule has 1 atom stereocenters. The Morgan fingerprint density at radius 3 is 2.78 bits per heavy atom. The highest BCUT2D eigenvalue weighted by Gasteiger charge is 2.11. The minimum Gasteiger partial charge on any atom is -0.392 e. The van der Waals surface area contributed by atoms with Gasteiger partial charge in [0.05, 0.1) is 12.5 Å². The predicted molar refractivity (Wildman–Crippen MR) is 71.5 cm³/mol. The number of benzene rings is 1. The van der Waals surface area contributed by atoms with Crippen LogP contribution < -0.4 is 5.32 Å². The van der Waals surface area contributed by atoms with Crippen LogP contribution in [0.1, 0.15) is 36.5 Å². The number of rotatable bonds is 4. The van der Waals surface area contributed by atoms with Gasteiger partial charge in [0.1, 0.15) is 0 Å². The Hall–Kier alpha value is -1.35. The van der Waals surface area contributed by atoms with Crippen LogP contribution in [0.25, 0.3) is 0 Å². The van der Waals surface area contributed by atoms with E-state index >= 15 is 0 Å². The number of carbonyl (C=O) groups is 1. The molecule has 0 radical (unpaired) electrons. The molecule has 0 aromatic heterocycles. The molecule has 0 spiro atoms. The quantitative estimate of drug-likeness (QED) is 0.849. The predicted octanol–water partition coefficient (Wildman–Crippen LogP) is 1.60. The van der Waals surface area contributed by atoms with E-state index in [4.69, 9.17) is 5.11 Å². The van der Waals surface area contributed by atoms with Gasteiger partial charge in [0.15, 0.2) is 0 Å². The van der Waals surface area contributed by atoms with Gasteiger partial charge in [-0.05, 0) is 49.3 Å². The molecule has 3 nitrogen and oxygen atoms in total. The van der Waals surface area contributed by atoms with E-state index in [0.717, 1.165) is 12.0 Å². The Balaban J connectivity index is 1.95. The van der Waals surface area contributed by atoms with E-state index in [1.165, 1.54) is 30.4 Å². The monoisotopic (exact) mass is 247 g/mol. The number of fused-ring (bicyclic) bond motifs is 1. The molecule has 0 saturated carbocycles. The molecule has 2 rings (SSSR count). The molecule has 0 unspecified atom stereocenters. The molecular weight excluding hydrogens is 226 g/mol. The third-order valence-electron chi connectivity index (χ3n) is 3.37. The van der Waals surface area contributed by atoms with Crippen molar-refractivity contribution in [3.8, 4) is 0 Å². The summed E-state index contributed by atoms with van der Waals surface area (Å²) < 4.78 is 0. The Morgan fingerprint density at radius 1 is 1.33 bits per heavy atom. The molecule has 1 aliphatic rings. The normalized spacial score (nSPS) is 15.9. The van der Waals surface area contributed by atoms with Gasteiger partial charge >= 0.3 is 0 Å². The van der Waals surface area contributed by atoms with Crippen LogP contribution in [0.5, 0.6) is 0 Å². The lowest BCUT2D eigenvalue weighted by Crippen LogP contribution is -2.31. The van der Waals surface area contributed by atoms with E-state index in [2.05, 4.69) is 17.4 Å². The molecule has 98 valence electrons. The highest BCUT2D eigenvalue weighted by molar-refractivity contribution is 5.78. The highest BCUT2D eigenvalue weighted by Crippen LogP contribution is 2.22. The van der Waals surface area contributed by atoms with E-state index in [0.29, 0.717) is 13.0 Å². The van der Waals surface area contributed by atoms with Crippen molar-refractivity contribution in [2.75, 3.05) is 6.54 Å². The van der Waals surface area contributed by atoms with Crippen LogP contribution in [-0.2, 0) is 24.1 Å². The largest absolute Gasteiger partial charge is 0.392 e. The lowest BCUT2D eigenvalue weighted by atomic mass is 9.90. The number of hydrogen-bond donors (Lipinski definition) is 2. The number of hydrogen-bond acceptors (Lipinski definition) is 2. The number of carbonyl (C=O) groups excluding carboxylic acids is 1. The van der Waals surface area contributed by atoms with Gasteiger partial charge in [-0.3, -0.25) is 4.79 Å². The first kappa shape index (κ1) is 13.1. The first-order valence-electron chi connectivity index (χ1n) is 6.70. The van der Waals surface area contributed by atoms with E-state index < -0.39 is 6.10 Å². The summed E-state index contributed by atoms with van der Waals surface area (Å²) in [5.74, 6) is -0.0216. The Kier molecular flexibility index (Phi) is 4.37. The second kappa shape index (κ2) is 6.01. The molecule has 3 heteroatoms. The van der Waals surface area contributed by atoms with Crippen molar-refractivity contribution in [3.05, 3.63) is 34.9 Å². The zero-order valence-corrected chi connectivity index (χ0v) is 10.9. The molecule has 1 amide bonds. The van der Waals surface area contributed by atoms with Gasteiger partial charge in [0, 0.05) is 6.54 Å². The highest BCUT2D eigenvalue weighted by atomic mass is 16.3. The second-order valence-electron chi connectivity index (χ2n) is 5.14. The molecule has 0 aliphatic heterocycles. The molecule has 1 aromatic carbocycles. The molecule has 0 fully saturated rings. The minimum atomic E-state index is -0.488. The van der Waals surface area contributed by atoms with Crippen LogP contribution in [0.3, 0.4) is 0 Å². The molecule has 0 bridgehead atoms. The van der Waals surface area contributed by atoms with Gasteiger partial charge in [0.2, 0.25) is 5.91 Å². The fourth-order valence-corrected chi connectivity index (χ4v) is 2.41. The number of aryl methyl sites for hydroxylation is 2. The maximum atomic E-state index is 11.7. The zero-order valence-electron chi connectivity index (χ0n) is 10.9. The first-order chi connectivity index (χ1) is 8.65. The third kappa shape index (κ3) is 3.57. The van der Waals surface area contributed by atoms with Gasteiger partial charge < -0.3 is 10.4 Å². The fraction of sp³-hybridized carbons (Fsp3) is 0.533. The van der Waals surface area contributed by atoms with Gasteiger partial charge in [-0.25, -0.2) is 0 Å². The van der Waals surface area contributed by atoms with Crippen LogP contribution >= 0.6 is 0 Å². The summed E-state index contributed by atoms with van der Waals surface area (Å²) in [6.45, 7) is 1.99. The molecule has 2 N–H and O–H groups in total. The standard InChI is InChI=1S/C15H21NO2/c1-11(17)10-16-15(18)9-12-6-7-13-4-2-3-5-14(13)8-12/h6-8,11,17H,2-5,9-10H2,1H3,(H,16,18)/t11-/m0/s1. The van der Waals surface area contributed by atoms with Gasteiger partial charge in [0.25, 0.3) is 0 Å². The van der Waals surface area contributed by atoms with Crippen molar-refractivity contribution in [2.45, 2.75) is 45.1 Å². The van der Waals surface area contributed by atoms with Crippen LogP contribution in [0, 0.1) is 0 Å². The van der Waals surface area contributed by atoms with Crippen LogP contribution in [0.15, 0.2) is 18.2 Å². The van der Waals surface area contributed by atoms with Crippen molar-refractivity contribution < 1.29 is 9.90 Å². The van der Waals surface area contributed by atoms with Crippen LogP contribution in [0.4, 0.5) is 0 Å². The lowest BCUT2D eigenvalue weighted by molar-refractivity contribution is -0.120. The minimum absolute atomic E-state index is 0.0216. The Morgan fingerprint density at radius 2 is 2.06 bits per heavy atom. The average molecular weight is 247 g/mol. The summed E-state index contributed by atoms with van der Waals surface area (Å²) in [5.41, 5.74) is 3.91. The topological polar surface area (TPSA) is 49.3 Å². The van der Waals surface area contributed by atoms with Crippen molar-refractivity contribution >= 4 is 5.91 Å². The summed E-state index contributed by atoms with van der Waals surface area (Å²) in [7, 11) is 0.